The van der Waals surface area contributed by atoms with Crippen LogP contribution in [0.3, 0.4) is 0 Å². The molecule has 3 rings (SSSR count). The molecule has 3 aromatic rings. The molecule has 2 aromatic carbocycles. The molecule has 1 heterocycles. The van der Waals surface area contributed by atoms with E-state index in [0.717, 1.165) is 55.8 Å². The van der Waals surface area contributed by atoms with Gasteiger partial charge >= 0.3 is 0 Å². The molecule has 1 amide bonds. The third-order valence-corrected chi connectivity index (χ3v) is 5.32. The first-order chi connectivity index (χ1) is 15.7. The summed E-state index contributed by atoms with van der Waals surface area (Å²) >= 11 is 0. The van der Waals surface area contributed by atoms with Crippen molar-refractivity contribution in [1.29, 1.82) is 0 Å². The molecule has 5 nitrogen and oxygen atoms in total. The van der Waals surface area contributed by atoms with E-state index >= 15 is 0 Å². The number of hydrogen-bond acceptors (Lipinski definition) is 4. The van der Waals surface area contributed by atoms with Crippen LogP contribution in [-0.2, 0) is 17.6 Å². The van der Waals surface area contributed by atoms with Crippen molar-refractivity contribution >= 4 is 17.3 Å². The number of nitrogens with one attached hydrogen (secondary N) is 2. The Balaban J connectivity index is 1.48. The fourth-order valence-corrected chi connectivity index (χ4v) is 3.69. The highest BCUT2D eigenvalue weighted by molar-refractivity contribution is 5.88. The van der Waals surface area contributed by atoms with Crippen LogP contribution in [0.5, 0.6) is 0 Å². The average molecular weight is 431 g/mol. The lowest BCUT2D eigenvalue weighted by Gasteiger charge is -2.24. The number of amides is 1. The lowest BCUT2D eigenvalue weighted by Crippen LogP contribution is -2.32. The molecule has 168 valence electrons. The first-order valence-corrected chi connectivity index (χ1v) is 11.5. The van der Waals surface area contributed by atoms with Crippen LogP contribution < -0.4 is 10.7 Å². The molecule has 0 atom stereocenters. The van der Waals surface area contributed by atoms with Crippen LogP contribution in [0.1, 0.15) is 43.9 Å². The molecular weight excluding hydrogens is 396 g/mol. The number of unbranched alkanes of at least 4 members (excludes halogenated alkanes) is 2. The number of anilines is 2. The van der Waals surface area contributed by atoms with E-state index in [1.165, 1.54) is 25.3 Å². The molecule has 0 saturated carbocycles. The van der Waals surface area contributed by atoms with E-state index in [9.17, 15) is 4.79 Å². The molecule has 1 aromatic heterocycles. The summed E-state index contributed by atoms with van der Waals surface area (Å²) in [5.74, 6) is -0.0580. The Morgan fingerprint density at radius 1 is 0.781 bits per heavy atom. The average Bonchev–Trinajstić information content (AvgIpc) is 2.81. The lowest BCUT2D eigenvalue weighted by molar-refractivity contribution is -0.114. The van der Waals surface area contributed by atoms with E-state index in [-0.39, 0.29) is 5.91 Å². The molecule has 2 N–H and O–H groups in total. The molecule has 0 aliphatic heterocycles. The summed E-state index contributed by atoms with van der Waals surface area (Å²) < 4.78 is 0. The van der Waals surface area contributed by atoms with E-state index in [2.05, 4.69) is 57.1 Å². The SMILES string of the molecule is CC(=O)Nc1ccc(NN(CCCCCc2ccccc2)CCCc2ccccn2)cc1. The van der Waals surface area contributed by atoms with Crippen molar-refractivity contribution in [3.05, 3.63) is 90.3 Å². The maximum atomic E-state index is 11.2. The monoisotopic (exact) mass is 430 g/mol. The minimum atomic E-state index is -0.0580. The Kier molecular flexibility index (Phi) is 9.74. The highest BCUT2D eigenvalue weighted by atomic mass is 16.1. The van der Waals surface area contributed by atoms with Crippen LogP contribution in [0.15, 0.2) is 79.0 Å². The summed E-state index contributed by atoms with van der Waals surface area (Å²) in [5.41, 5.74) is 7.94. The van der Waals surface area contributed by atoms with Crippen LogP contribution >= 0.6 is 0 Å². The van der Waals surface area contributed by atoms with E-state index in [0.29, 0.717) is 0 Å². The zero-order valence-corrected chi connectivity index (χ0v) is 19.0. The highest BCUT2D eigenvalue weighted by Crippen LogP contribution is 2.15. The van der Waals surface area contributed by atoms with Gasteiger partial charge in [-0.25, -0.2) is 5.01 Å². The van der Waals surface area contributed by atoms with Crippen molar-refractivity contribution in [2.24, 2.45) is 0 Å². The summed E-state index contributed by atoms with van der Waals surface area (Å²) in [6, 6.07) is 24.7. The normalized spacial score (nSPS) is 10.8. The smallest absolute Gasteiger partial charge is 0.221 e. The van der Waals surface area contributed by atoms with Crippen molar-refractivity contribution < 1.29 is 4.79 Å². The number of hydrogen-bond donors (Lipinski definition) is 2. The molecule has 0 unspecified atom stereocenters. The van der Waals surface area contributed by atoms with Crippen molar-refractivity contribution in [1.82, 2.24) is 9.99 Å². The minimum Gasteiger partial charge on any atom is -0.326 e. The summed E-state index contributed by atoms with van der Waals surface area (Å²) in [4.78, 5) is 15.7. The van der Waals surface area contributed by atoms with Gasteiger partial charge in [0.15, 0.2) is 0 Å². The molecule has 0 bridgehead atoms. The van der Waals surface area contributed by atoms with E-state index in [1.807, 2.05) is 42.6 Å². The van der Waals surface area contributed by atoms with Crippen LogP contribution in [0.25, 0.3) is 0 Å². The predicted molar refractivity (Wildman–Crippen MR) is 132 cm³/mol. The number of aromatic nitrogens is 1. The van der Waals surface area contributed by atoms with Gasteiger partial charge in [0, 0.05) is 43.3 Å². The lowest BCUT2D eigenvalue weighted by atomic mass is 10.1. The zero-order valence-electron chi connectivity index (χ0n) is 19.0. The van der Waals surface area contributed by atoms with Crippen LogP contribution in [0.2, 0.25) is 0 Å². The second-order valence-corrected chi connectivity index (χ2v) is 8.08. The van der Waals surface area contributed by atoms with E-state index < -0.39 is 0 Å². The van der Waals surface area contributed by atoms with Crippen molar-refractivity contribution in [3.63, 3.8) is 0 Å². The van der Waals surface area contributed by atoms with Crippen LogP contribution in [0, 0.1) is 0 Å². The van der Waals surface area contributed by atoms with Gasteiger partial charge in [-0.3, -0.25) is 9.78 Å². The standard InChI is InChI=1S/C27H34N4O/c1-23(32)29-26-16-18-27(19-17-26)30-31(22-10-15-25-14-7-8-20-28-25)21-9-3-6-13-24-11-4-2-5-12-24/h2,4-5,7-8,11-12,14,16-20,30H,3,6,9-10,13,15,21-22H2,1H3,(H,29,32). The molecule has 0 fully saturated rings. The second kappa shape index (κ2) is 13.3. The minimum absolute atomic E-state index is 0.0580. The number of benzene rings is 2. The van der Waals surface area contributed by atoms with Gasteiger partial charge in [0.25, 0.3) is 0 Å². The molecular formula is C27H34N4O. The third kappa shape index (κ3) is 8.90. The fourth-order valence-electron chi connectivity index (χ4n) is 3.69. The Bertz CT molecular complexity index is 913. The maximum Gasteiger partial charge on any atom is 0.221 e. The Hall–Kier alpha value is -3.18. The molecule has 0 spiro atoms. The van der Waals surface area contributed by atoms with Crippen molar-refractivity contribution in [2.75, 3.05) is 23.8 Å². The molecule has 0 aliphatic rings. The summed E-state index contributed by atoms with van der Waals surface area (Å²) in [6.45, 7) is 3.46. The van der Waals surface area contributed by atoms with Gasteiger partial charge < -0.3 is 10.7 Å². The quantitative estimate of drug-likeness (QED) is 0.269. The predicted octanol–water partition coefficient (Wildman–Crippen LogP) is 5.71. The molecule has 32 heavy (non-hydrogen) atoms. The van der Waals surface area contributed by atoms with Gasteiger partial charge in [0.2, 0.25) is 5.91 Å². The number of rotatable bonds is 13. The van der Waals surface area contributed by atoms with Crippen molar-refractivity contribution in [3.8, 4) is 0 Å². The highest BCUT2D eigenvalue weighted by Gasteiger charge is 2.06. The number of hydrazine groups is 1. The number of pyridine rings is 1. The number of carbonyl (C=O) groups is 1. The maximum absolute atomic E-state index is 11.2. The molecule has 0 saturated heterocycles. The van der Waals surface area contributed by atoms with Crippen LogP contribution in [0.4, 0.5) is 11.4 Å². The molecule has 0 aliphatic carbocycles. The topological polar surface area (TPSA) is 57.3 Å². The Labute approximate surface area is 191 Å². The van der Waals surface area contributed by atoms with Crippen molar-refractivity contribution in [2.45, 2.75) is 45.4 Å². The van der Waals surface area contributed by atoms with Gasteiger partial charge in [-0.05, 0) is 74.1 Å². The Morgan fingerprint density at radius 2 is 1.50 bits per heavy atom. The molecule has 5 heteroatoms. The van der Waals surface area contributed by atoms with Gasteiger partial charge in [0.1, 0.15) is 0 Å². The van der Waals surface area contributed by atoms with Gasteiger partial charge in [-0.15, -0.1) is 0 Å². The van der Waals surface area contributed by atoms with Gasteiger partial charge in [0.05, 0.1) is 0 Å². The van der Waals surface area contributed by atoms with E-state index in [4.69, 9.17) is 0 Å². The second-order valence-electron chi connectivity index (χ2n) is 8.08. The number of carbonyl (C=O) groups excluding carboxylic acids is 1. The summed E-state index contributed by atoms with van der Waals surface area (Å²) in [6.07, 6.45) is 8.55. The first-order valence-electron chi connectivity index (χ1n) is 11.5. The van der Waals surface area contributed by atoms with Gasteiger partial charge in [-0.2, -0.15) is 0 Å². The number of aryl methyl sites for hydroxylation is 2. The number of nitrogens with zero attached hydrogens (tertiary/aromatic N) is 2. The Morgan fingerprint density at radius 3 is 2.22 bits per heavy atom. The fraction of sp³-hybridized carbons (Fsp3) is 0.333. The summed E-state index contributed by atoms with van der Waals surface area (Å²) in [7, 11) is 0. The largest absolute Gasteiger partial charge is 0.326 e. The van der Waals surface area contributed by atoms with E-state index in [1.54, 1.807) is 0 Å². The third-order valence-electron chi connectivity index (χ3n) is 5.32. The van der Waals surface area contributed by atoms with Crippen LogP contribution in [-0.4, -0.2) is 29.0 Å². The first kappa shape index (κ1) is 23.5. The summed E-state index contributed by atoms with van der Waals surface area (Å²) in [5, 5.41) is 5.12. The zero-order chi connectivity index (χ0) is 22.4. The molecule has 0 radical (unpaired) electrons. The van der Waals surface area contributed by atoms with Gasteiger partial charge in [-0.1, -0.05) is 42.8 Å².